The molecule has 94 valence electrons. The van der Waals surface area contributed by atoms with E-state index in [2.05, 4.69) is 0 Å². The van der Waals surface area contributed by atoms with Gasteiger partial charge in [-0.05, 0) is 18.1 Å². The fourth-order valence-corrected chi connectivity index (χ4v) is 1.44. The molecule has 2 nitrogen and oxygen atoms in total. The van der Waals surface area contributed by atoms with Crippen LogP contribution >= 0.6 is 0 Å². The molecule has 1 atom stereocenters. The van der Waals surface area contributed by atoms with Gasteiger partial charge in [-0.2, -0.15) is 0 Å². The molecule has 0 heterocycles. The first-order valence-electron chi connectivity index (χ1n) is 5.94. The van der Waals surface area contributed by atoms with E-state index in [4.69, 9.17) is 5.11 Å². The summed E-state index contributed by atoms with van der Waals surface area (Å²) in [5, 5.41) is 9.02. The first kappa shape index (κ1) is 14.1. The minimum Gasteiger partial charge on any atom is -0.389 e. The third-order valence-electron chi connectivity index (χ3n) is 2.44. The third-order valence-corrected chi connectivity index (χ3v) is 2.44. The van der Waals surface area contributed by atoms with Gasteiger partial charge in [0.2, 0.25) is 0 Å². The molecule has 1 N–H and O–H groups in total. The van der Waals surface area contributed by atoms with Gasteiger partial charge in [0, 0.05) is 6.42 Å². The third kappa shape index (κ3) is 5.41. The minimum atomic E-state index is -0.341. The van der Waals surface area contributed by atoms with E-state index in [1.165, 1.54) is 0 Å². The Hall–Kier alpha value is -1.93. The highest BCUT2D eigenvalue weighted by atomic mass is 16.3. The standard InChI is InChI=1S/C8H10O.C8H8O/c1-7(9)8-5-3-2-4-6-8;9-7-6-8-4-2-1-3-5-8/h2-7,9H,1H3;1-5,7H,6H2. The molecule has 18 heavy (non-hydrogen) atoms. The highest BCUT2D eigenvalue weighted by molar-refractivity contribution is 5.54. The molecule has 2 heteroatoms. The SMILES string of the molecule is CC(O)c1ccccc1.O=CCc1ccccc1. The lowest BCUT2D eigenvalue weighted by Crippen LogP contribution is -1.87. The van der Waals surface area contributed by atoms with E-state index in [0.29, 0.717) is 6.42 Å². The van der Waals surface area contributed by atoms with Crippen molar-refractivity contribution in [2.75, 3.05) is 0 Å². The molecule has 0 radical (unpaired) electrons. The highest BCUT2D eigenvalue weighted by Gasteiger charge is 1.95. The molecule has 0 aromatic heterocycles. The smallest absolute Gasteiger partial charge is 0.124 e. The van der Waals surface area contributed by atoms with Gasteiger partial charge >= 0.3 is 0 Å². The van der Waals surface area contributed by atoms with Crippen LogP contribution in [0.15, 0.2) is 60.7 Å². The van der Waals surface area contributed by atoms with Crippen LogP contribution in [-0.2, 0) is 11.2 Å². The van der Waals surface area contributed by atoms with Gasteiger partial charge in [-0.3, -0.25) is 0 Å². The summed E-state index contributed by atoms with van der Waals surface area (Å²) in [5.74, 6) is 0. The molecule has 2 aromatic carbocycles. The zero-order valence-electron chi connectivity index (χ0n) is 10.5. The van der Waals surface area contributed by atoms with Crippen molar-refractivity contribution in [2.45, 2.75) is 19.4 Å². The summed E-state index contributed by atoms with van der Waals surface area (Å²) in [5.41, 5.74) is 2.05. The van der Waals surface area contributed by atoms with Crippen molar-refractivity contribution in [3.05, 3.63) is 71.8 Å². The number of hydrogen-bond acceptors (Lipinski definition) is 2. The maximum atomic E-state index is 9.97. The number of carbonyl (C=O) groups excluding carboxylic acids is 1. The molecule has 1 unspecified atom stereocenters. The van der Waals surface area contributed by atoms with Gasteiger partial charge in [0.05, 0.1) is 6.10 Å². The summed E-state index contributed by atoms with van der Waals surface area (Å²) in [4.78, 5) is 9.97. The number of carbonyl (C=O) groups is 1. The molecule has 0 saturated heterocycles. The second-order valence-electron chi connectivity index (χ2n) is 3.94. The molecule has 0 aliphatic rings. The Kier molecular flexibility index (Phi) is 6.44. The molecule has 0 aliphatic heterocycles. The summed E-state index contributed by atoms with van der Waals surface area (Å²) < 4.78 is 0. The predicted octanol–water partition coefficient (Wildman–Crippen LogP) is 3.17. The Morgan fingerprint density at radius 3 is 1.89 bits per heavy atom. The molecule has 0 bridgehead atoms. The number of benzene rings is 2. The van der Waals surface area contributed by atoms with Crippen LogP contribution < -0.4 is 0 Å². The second kappa shape index (κ2) is 8.20. The van der Waals surface area contributed by atoms with Gasteiger partial charge in [0.1, 0.15) is 6.29 Å². The zero-order valence-corrected chi connectivity index (χ0v) is 10.5. The lowest BCUT2D eigenvalue weighted by Gasteiger charge is -2.00. The Bertz CT molecular complexity index is 435. The maximum Gasteiger partial charge on any atom is 0.124 e. The van der Waals surface area contributed by atoms with Crippen molar-refractivity contribution in [1.82, 2.24) is 0 Å². The normalized spacial score (nSPS) is 11.0. The van der Waals surface area contributed by atoms with E-state index in [-0.39, 0.29) is 6.10 Å². The average molecular weight is 242 g/mol. The molecule has 0 fully saturated rings. The van der Waals surface area contributed by atoms with Gasteiger partial charge in [-0.15, -0.1) is 0 Å². The van der Waals surface area contributed by atoms with Crippen molar-refractivity contribution in [3.63, 3.8) is 0 Å². The van der Waals surface area contributed by atoms with E-state index in [0.717, 1.165) is 17.4 Å². The lowest BCUT2D eigenvalue weighted by atomic mass is 10.1. The molecular weight excluding hydrogens is 224 g/mol. The molecule has 2 aromatic rings. The second-order valence-corrected chi connectivity index (χ2v) is 3.94. The van der Waals surface area contributed by atoms with Crippen molar-refractivity contribution < 1.29 is 9.90 Å². The van der Waals surface area contributed by atoms with E-state index in [1.54, 1.807) is 6.92 Å². The lowest BCUT2D eigenvalue weighted by molar-refractivity contribution is -0.107. The number of aliphatic hydroxyl groups excluding tert-OH is 1. The molecule has 0 saturated carbocycles. The monoisotopic (exact) mass is 242 g/mol. The van der Waals surface area contributed by atoms with Crippen molar-refractivity contribution in [3.8, 4) is 0 Å². The first-order chi connectivity index (χ1) is 8.74. The summed E-state index contributed by atoms with van der Waals surface area (Å²) >= 11 is 0. The van der Waals surface area contributed by atoms with Crippen LogP contribution in [0.3, 0.4) is 0 Å². The summed E-state index contributed by atoms with van der Waals surface area (Å²) in [6.45, 7) is 1.76. The number of aliphatic hydroxyl groups is 1. The van der Waals surface area contributed by atoms with Crippen LogP contribution in [0.4, 0.5) is 0 Å². The Balaban J connectivity index is 0.000000180. The number of rotatable bonds is 3. The first-order valence-corrected chi connectivity index (χ1v) is 5.94. The van der Waals surface area contributed by atoms with E-state index in [1.807, 2.05) is 60.7 Å². The number of hydrogen-bond donors (Lipinski definition) is 1. The van der Waals surface area contributed by atoms with Crippen LogP contribution in [0.5, 0.6) is 0 Å². The zero-order chi connectivity index (χ0) is 13.2. The molecular formula is C16H18O2. The van der Waals surface area contributed by atoms with Gasteiger partial charge in [0.25, 0.3) is 0 Å². The minimum absolute atomic E-state index is 0.341. The molecule has 2 rings (SSSR count). The average Bonchev–Trinajstić information content (AvgIpc) is 2.42. The maximum absolute atomic E-state index is 9.97. The summed E-state index contributed by atoms with van der Waals surface area (Å²) in [6.07, 6.45) is 1.10. The quantitative estimate of drug-likeness (QED) is 0.839. The molecule has 0 spiro atoms. The van der Waals surface area contributed by atoms with Gasteiger partial charge < -0.3 is 9.90 Å². The van der Waals surface area contributed by atoms with Crippen LogP contribution in [-0.4, -0.2) is 11.4 Å². The van der Waals surface area contributed by atoms with Crippen molar-refractivity contribution >= 4 is 6.29 Å². The Morgan fingerprint density at radius 1 is 1.00 bits per heavy atom. The fourth-order valence-electron chi connectivity index (χ4n) is 1.44. The Morgan fingerprint density at radius 2 is 1.50 bits per heavy atom. The number of aldehydes is 1. The topological polar surface area (TPSA) is 37.3 Å². The van der Waals surface area contributed by atoms with Crippen molar-refractivity contribution in [2.24, 2.45) is 0 Å². The largest absolute Gasteiger partial charge is 0.389 e. The van der Waals surface area contributed by atoms with Gasteiger partial charge in [-0.25, -0.2) is 0 Å². The predicted molar refractivity (Wildman–Crippen MR) is 73.3 cm³/mol. The van der Waals surface area contributed by atoms with E-state index < -0.39 is 0 Å². The van der Waals surface area contributed by atoms with Crippen LogP contribution in [0.1, 0.15) is 24.2 Å². The van der Waals surface area contributed by atoms with Gasteiger partial charge in [-0.1, -0.05) is 60.7 Å². The van der Waals surface area contributed by atoms with E-state index >= 15 is 0 Å². The molecule has 0 amide bonds. The fraction of sp³-hybridized carbons (Fsp3) is 0.188. The van der Waals surface area contributed by atoms with Crippen LogP contribution in [0.25, 0.3) is 0 Å². The van der Waals surface area contributed by atoms with Crippen LogP contribution in [0.2, 0.25) is 0 Å². The highest BCUT2D eigenvalue weighted by Crippen LogP contribution is 2.09. The van der Waals surface area contributed by atoms with E-state index in [9.17, 15) is 4.79 Å². The van der Waals surface area contributed by atoms with Crippen molar-refractivity contribution in [1.29, 1.82) is 0 Å². The summed E-state index contributed by atoms with van der Waals surface area (Å²) in [7, 11) is 0. The summed E-state index contributed by atoms with van der Waals surface area (Å²) in [6, 6.07) is 19.3. The Labute approximate surface area is 108 Å². The molecule has 0 aliphatic carbocycles. The van der Waals surface area contributed by atoms with Gasteiger partial charge in [0.15, 0.2) is 0 Å². The van der Waals surface area contributed by atoms with Crippen LogP contribution in [0, 0.1) is 0 Å².